The highest BCUT2D eigenvalue weighted by molar-refractivity contribution is 9.10. The summed E-state index contributed by atoms with van der Waals surface area (Å²) in [5, 5.41) is 0. The first-order valence-corrected chi connectivity index (χ1v) is 7.24. The Morgan fingerprint density at radius 1 is 1.32 bits per heavy atom. The lowest BCUT2D eigenvalue weighted by Crippen LogP contribution is -2.14. The third kappa shape index (κ3) is 2.95. The van der Waals surface area contributed by atoms with Crippen molar-refractivity contribution in [2.75, 3.05) is 0 Å². The summed E-state index contributed by atoms with van der Waals surface area (Å²) in [7, 11) is 0. The zero-order chi connectivity index (χ0) is 14.2. The van der Waals surface area contributed by atoms with Gasteiger partial charge in [-0.1, -0.05) is 13.8 Å². The van der Waals surface area contributed by atoms with Crippen LogP contribution in [0.3, 0.4) is 0 Å². The minimum Gasteiger partial charge on any atom is -0.306 e. The molecule has 0 unspecified atom stereocenters. The minimum atomic E-state index is -0.348. The van der Waals surface area contributed by atoms with Gasteiger partial charge in [0.25, 0.3) is 5.56 Å². The number of halogens is 3. The molecule has 0 radical (unpaired) electrons. The van der Waals surface area contributed by atoms with Crippen LogP contribution in [0.4, 0.5) is 4.39 Å². The Bertz CT molecular complexity index is 683. The lowest BCUT2D eigenvalue weighted by molar-refractivity contribution is 0.627. The summed E-state index contributed by atoms with van der Waals surface area (Å²) < 4.78 is 14.1. The van der Waals surface area contributed by atoms with Gasteiger partial charge in [-0.2, -0.15) is 0 Å². The number of hydrogen-bond acceptors (Lipinski definition) is 2. The normalized spacial score (nSPS) is 11.1. The molecule has 6 heteroatoms. The van der Waals surface area contributed by atoms with E-state index in [1.54, 1.807) is 6.07 Å². The van der Waals surface area contributed by atoms with Gasteiger partial charge in [0.05, 0.1) is 5.69 Å². The lowest BCUT2D eigenvalue weighted by Gasteiger charge is -2.10. The van der Waals surface area contributed by atoms with Crippen LogP contribution < -0.4 is 5.56 Å². The van der Waals surface area contributed by atoms with Gasteiger partial charge in [-0.25, -0.2) is 9.37 Å². The minimum absolute atomic E-state index is 0.106. The second kappa shape index (κ2) is 5.54. The standard InChI is InChI=1S/C13H11Br2FN2O/c1-6(2)11-10(15)13(19)18-12(17-11)8-4-3-7(16)5-9(8)14/h3-6H,1-2H3,(H,17,18,19). The van der Waals surface area contributed by atoms with Gasteiger partial charge in [-0.3, -0.25) is 4.79 Å². The van der Waals surface area contributed by atoms with E-state index in [4.69, 9.17) is 0 Å². The van der Waals surface area contributed by atoms with Gasteiger partial charge in [0.15, 0.2) is 0 Å². The van der Waals surface area contributed by atoms with Crippen molar-refractivity contribution in [1.82, 2.24) is 9.97 Å². The summed E-state index contributed by atoms with van der Waals surface area (Å²) in [4.78, 5) is 19.0. The Kier molecular flexibility index (Phi) is 4.20. The van der Waals surface area contributed by atoms with Crippen LogP contribution in [0.25, 0.3) is 11.4 Å². The van der Waals surface area contributed by atoms with E-state index in [-0.39, 0.29) is 17.3 Å². The summed E-state index contributed by atoms with van der Waals surface area (Å²) in [5.41, 5.74) is 1.08. The molecule has 0 bridgehead atoms. The maximum atomic E-state index is 13.1. The van der Waals surface area contributed by atoms with E-state index in [9.17, 15) is 9.18 Å². The number of hydrogen-bond donors (Lipinski definition) is 1. The molecule has 1 N–H and O–H groups in total. The number of H-pyrrole nitrogens is 1. The predicted molar refractivity (Wildman–Crippen MR) is 79.7 cm³/mol. The third-order valence-corrected chi connectivity index (χ3v) is 4.04. The first-order valence-electron chi connectivity index (χ1n) is 5.65. The average molecular weight is 390 g/mol. The molecule has 3 nitrogen and oxygen atoms in total. The molecule has 0 fully saturated rings. The Hall–Kier alpha value is -1.01. The van der Waals surface area contributed by atoms with E-state index in [1.807, 2.05) is 13.8 Å². The van der Waals surface area contributed by atoms with Crippen molar-refractivity contribution in [3.8, 4) is 11.4 Å². The number of aromatic amines is 1. The molecule has 2 rings (SSSR count). The molecular weight excluding hydrogens is 379 g/mol. The Morgan fingerprint density at radius 2 is 2.00 bits per heavy atom. The van der Waals surface area contributed by atoms with Crippen LogP contribution >= 0.6 is 31.9 Å². The van der Waals surface area contributed by atoms with Crippen LogP contribution in [-0.4, -0.2) is 9.97 Å². The Balaban J connectivity index is 2.66. The summed E-state index contributed by atoms with van der Waals surface area (Å²) >= 11 is 6.51. The number of benzene rings is 1. The first-order chi connectivity index (χ1) is 8.90. The van der Waals surface area contributed by atoms with Crippen LogP contribution in [0.15, 0.2) is 31.9 Å². The maximum absolute atomic E-state index is 13.1. The average Bonchev–Trinajstić information content (AvgIpc) is 2.32. The fraction of sp³-hybridized carbons (Fsp3) is 0.231. The van der Waals surface area contributed by atoms with Crippen LogP contribution in [0.2, 0.25) is 0 Å². The highest BCUT2D eigenvalue weighted by Crippen LogP contribution is 2.28. The summed E-state index contributed by atoms with van der Waals surface area (Å²) in [5.74, 6) is 0.178. The van der Waals surface area contributed by atoms with Gasteiger partial charge >= 0.3 is 0 Å². The molecule has 0 saturated heterocycles. The molecule has 0 aliphatic rings. The van der Waals surface area contributed by atoms with Crippen LogP contribution in [0.1, 0.15) is 25.5 Å². The number of nitrogens with zero attached hydrogens (tertiary/aromatic N) is 1. The van der Waals surface area contributed by atoms with Gasteiger partial charge in [-0.15, -0.1) is 0 Å². The molecule has 1 aromatic carbocycles. The van der Waals surface area contributed by atoms with Crippen molar-refractivity contribution in [3.05, 3.63) is 49.0 Å². The van der Waals surface area contributed by atoms with Gasteiger partial charge in [-0.05, 0) is 56.0 Å². The molecule has 0 aliphatic heterocycles. The monoisotopic (exact) mass is 388 g/mol. The highest BCUT2D eigenvalue weighted by atomic mass is 79.9. The van der Waals surface area contributed by atoms with Crippen molar-refractivity contribution in [2.24, 2.45) is 0 Å². The van der Waals surface area contributed by atoms with Gasteiger partial charge in [0.2, 0.25) is 0 Å². The molecule has 0 spiro atoms. The van der Waals surface area contributed by atoms with E-state index < -0.39 is 0 Å². The molecule has 1 heterocycles. The van der Waals surface area contributed by atoms with Crippen molar-refractivity contribution in [3.63, 3.8) is 0 Å². The number of rotatable bonds is 2. The van der Waals surface area contributed by atoms with Gasteiger partial charge < -0.3 is 4.98 Å². The highest BCUT2D eigenvalue weighted by Gasteiger charge is 2.14. The number of nitrogens with one attached hydrogen (secondary N) is 1. The Labute approximate surface area is 126 Å². The van der Waals surface area contributed by atoms with E-state index in [2.05, 4.69) is 41.8 Å². The number of aromatic nitrogens is 2. The van der Waals surface area contributed by atoms with Crippen LogP contribution in [-0.2, 0) is 0 Å². The molecule has 19 heavy (non-hydrogen) atoms. The fourth-order valence-corrected chi connectivity index (χ4v) is 2.85. The zero-order valence-electron chi connectivity index (χ0n) is 10.3. The van der Waals surface area contributed by atoms with Crippen LogP contribution in [0.5, 0.6) is 0 Å². The fourth-order valence-electron chi connectivity index (χ4n) is 1.67. The van der Waals surface area contributed by atoms with E-state index in [0.29, 0.717) is 26.0 Å². The second-order valence-corrected chi connectivity index (χ2v) is 6.04. The largest absolute Gasteiger partial charge is 0.306 e. The maximum Gasteiger partial charge on any atom is 0.265 e. The van der Waals surface area contributed by atoms with Crippen molar-refractivity contribution < 1.29 is 4.39 Å². The summed E-state index contributed by atoms with van der Waals surface area (Å²) in [6, 6.07) is 4.25. The molecule has 100 valence electrons. The van der Waals surface area contributed by atoms with E-state index >= 15 is 0 Å². The summed E-state index contributed by atoms with van der Waals surface area (Å²) in [6.07, 6.45) is 0. The van der Waals surface area contributed by atoms with Gasteiger partial charge in [0, 0.05) is 10.0 Å². The van der Waals surface area contributed by atoms with E-state index in [1.165, 1.54) is 12.1 Å². The molecule has 0 aliphatic carbocycles. The predicted octanol–water partition coefficient (Wildman–Crippen LogP) is 4.22. The molecule has 0 saturated carbocycles. The molecular formula is C13H11Br2FN2O. The van der Waals surface area contributed by atoms with Crippen molar-refractivity contribution >= 4 is 31.9 Å². The van der Waals surface area contributed by atoms with Crippen molar-refractivity contribution in [2.45, 2.75) is 19.8 Å². The molecule has 0 atom stereocenters. The zero-order valence-corrected chi connectivity index (χ0v) is 13.5. The topological polar surface area (TPSA) is 45.8 Å². The molecule has 0 amide bonds. The third-order valence-electron chi connectivity index (χ3n) is 2.62. The SMILES string of the molecule is CC(C)c1nc(-c2ccc(F)cc2Br)[nH]c(=O)c1Br. The lowest BCUT2D eigenvalue weighted by atomic mass is 10.1. The van der Waals surface area contributed by atoms with E-state index in [0.717, 1.165) is 0 Å². The van der Waals surface area contributed by atoms with Crippen LogP contribution in [0, 0.1) is 5.82 Å². The molecule has 2 aromatic rings. The first kappa shape index (κ1) is 14.4. The molecule has 1 aromatic heterocycles. The quantitative estimate of drug-likeness (QED) is 0.835. The van der Waals surface area contributed by atoms with Crippen molar-refractivity contribution in [1.29, 1.82) is 0 Å². The Morgan fingerprint density at radius 3 is 2.58 bits per heavy atom. The smallest absolute Gasteiger partial charge is 0.265 e. The second-order valence-electron chi connectivity index (χ2n) is 4.39. The van der Waals surface area contributed by atoms with Gasteiger partial charge in [0.1, 0.15) is 16.1 Å². The summed E-state index contributed by atoms with van der Waals surface area (Å²) in [6.45, 7) is 3.91.